The molecule has 6 aromatic rings. The first-order chi connectivity index (χ1) is 38.8. The molecule has 85 heavy (non-hydrogen) atoms. The van der Waals surface area contributed by atoms with Crippen LogP contribution in [0.2, 0.25) is 0 Å². The van der Waals surface area contributed by atoms with Gasteiger partial charge in [0.05, 0.1) is 22.5 Å². The summed E-state index contributed by atoms with van der Waals surface area (Å²) in [7, 11) is 0. The van der Waals surface area contributed by atoms with E-state index in [-0.39, 0.29) is 66.3 Å². The molecule has 1 amide bonds. The second-order valence-electron chi connectivity index (χ2n) is 17.2. The number of amides is 1. The van der Waals surface area contributed by atoms with Gasteiger partial charge < -0.3 is 35.1 Å². The largest absolute Gasteiger partial charge is 0.586 e. The highest BCUT2D eigenvalue weighted by Crippen LogP contribution is 2.56. The minimum absolute atomic E-state index is 0.00942. The molecule has 0 saturated carbocycles. The van der Waals surface area contributed by atoms with E-state index in [4.69, 9.17) is 10.8 Å². The average Bonchev–Trinajstić information content (AvgIpc) is 2.62. The van der Waals surface area contributed by atoms with Gasteiger partial charge in [0.15, 0.2) is 34.6 Å². The van der Waals surface area contributed by atoms with Gasteiger partial charge in [-0.15, -0.1) is 17.6 Å². The van der Waals surface area contributed by atoms with Crippen molar-refractivity contribution in [2.75, 3.05) is 11.1 Å². The minimum Gasteiger partial charge on any atom is -0.478 e. The van der Waals surface area contributed by atoms with Gasteiger partial charge in [-0.2, -0.15) is 52.7 Å². The normalized spacial score (nSPS) is 14.4. The zero-order valence-electron chi connectivity index (χ0n) is 40.5. The van der Waals surface area contributed by atoms with Crippen LogP contribution in [0.5, 0.6) is 23.0 Å². The molecule has 0 aliphatic carbocycles. The Kier molecular flexibility index (Phi) is 19.1. The standard InChI is InChI=1S/C25H11Br2F10NO4.C16H9F3O5.C9H4Br2F7N/c26-14-8-12(22(29,23(30,31)32)24(33,34)35)9-15(27)20(14)38-21(40)13-3-1-2-11(19(13)28)6-16(39)10-4-5-17-18(7-10)42-25(36,37)41-17;17-14-9(2-1-3-10(14)15(21)22)6-11(20)8-4-5-12-13(7-8)24-16(18,19)23-12;10-4-1-3(2-5(11)6(4)19)7(12,8(13,14)15)9(16,17)18/h1-5,7-9H,6H2,(H,38,40);1-5,7H,6H2,(H,21,22);1-2H,19H2. The number of ether oxygens (including phenoxy) is 4. The highest BCUT2D eigenvalue weighted by molar-refractivity contribution is 9.11. The van der Waals surface area contributed by atoms with Crippen LogP contribution in [0.15, 0.2) is 115 Å². The third kappa shape index (κ3) is 14.2. The summed E-state index contributed by atoms with van der Waals surface area (Å²) in [5.41, 5.74) is -11.8. The molecular weight excluding hydrogens is 1470 g/mol. The van der Waals surface area contributed by atoms with Crippen LogP contribution in [0.4, 0.5) is 99.2 Å². The zero-order chi connectivity index (χ0) is 64.1. The van der Waals surface area contributed by atoms with Gasteiger partial charge in [0.25, 0.3) is 5.91 Å². The van der Waals surface area contributed by atoms with Crippen LogP contribution >= 0.6 is 63.7 Å². The Labute approximate surface area is 493 Å². The number of aromatic carboxylic acids is 1. The van der Waals surface area contributed by atoms with Gasteiger partial charge in [0, 0.05) is 53.0 Å². The molecule has 0 spiro atoms. The first kappa shape index (κ1) is 67.2. The predicted molar refractivity (Wildman–Crippen MR) is 267 cm³/mol. The van der Waals surface area contributed by atoms with Crippen LogP contribution in [0, 0.1) is 11.6 Å². The zero-order valence-corrected chi connectivity index (χ0v) is 46.9. The topological polar surface area (TPSA) is 163 Å². The number of carbonyl (C=O) groups excluding carboxylic acids is 3. The van der Waals surface area contributed by atoms with Crippen LogP contribution in [0.3, 0.4) is 0 Å². The fraction of sp³-hybridized carbons (Fsp3) is 0.200. The van der Waals surface area contributed by atoms with Gasteiger partial charge in [0.2, 0.25) is 0 Å². The number of Topliss-reactive ketones (excluding diaryl/α,β-unsaturated/α-hetero) is 2. The lowest BCUT2D eigenvalue weighted by Gasteiger charge is -2.31. The molecule has 0 saturated heterocycles. The lowest BCUT2D eigenvalue weighted by Crippen LogP contribution is -2.50. The van der Waals surface area contributed by atoms with Gasteiger partial charge in [-0.25, -0.2) is 22.4 Å². The number of hydrogen-bond donors (Lipinski definition) is 3. The fourth-order valence-corrected chi connectivity index (χ4v) is 9.97. The average molecular weight is 1500 g/mol. The SMILES string of the molecule is Nc1c(Br)cc(C(F)(C(F)(F)F)C(F)(F)F)cc1Br.O=C(Cc1cccc(C(=O)Nc2c(Br)cc(C(F)(C(F)(F)F)C(F)(F)F)cc2Br)c1F)c1ccc2c(c1)OC(F)(F)O2.O=C(Cc1cccc(C(=O)O)c1F)c1ccc2c(c1)OC(F)(F)O2. The van der Waals surface area contributed by atoms with E-state index < -0.39 is 139 Å². The van der Waals surface area contributed by atoms with E-state index in [2.05, 4.69) is 88.0 Å². The van der Waals surface area contributed by atoms with E-state index in [0.717, 1.165) is 48.5 Å². The Morgan fingerprint density at radius 3 is 1.16 bits per heavy atom. The van der Waals surface area contributed by atoms with E-state index >= 15 is 4.39 Å². The molecule has 2 heterocycles. The van der Waals surface area contributed by atoms with Crippen molar-refractivity contribution < 1.29 is 131 Å². The smallest absolute Gasteiger partial charge is 0.478 e. The molecule has 2 aliphatic rings. The van der Waals surface area contributed by atoms with Gasteiger partial charge in [-0.05, 0) is 148 Å². The highest BCUT2D eigenvalue weighted by Gasteiger charge is 2.74. The lowest BCUT2D eigenvalue weighted by molar-refractivity contribution is -0.349. The number of carboxylic acids is 1. The molecule has 6 aromatic carbocycles. The Morgan fingerprint density at radius 1 is 0.482 bits per heavy atom. The third-order valence-corrected chi connectivity index (χ3v) is 14.1. The predicted octanol–water partition coefficient (Wildman–Crippen LogP) is 17.0. The van der Waals surface area contributed by atoms with Crippen molar-refractivity contribution in [3.05, 3.63) is 171 Å². The molecule has 0 atom stereocenters. The first-order valence-corrected chi connectivity index (χ1v) is 25.4. The van der Waals surface area contributed by atoms with Gasteiger partial charge in [-0.1, -0.05) is 24.3 Å². The van der Waals surface area contributed by atoms with E-state index in [1.54, 1.807) is 0 Å². The van der Waals surface area contributed by atoms with Crippen molar-refractivity contribution >= 4 is 98.5 Å². The molecule has 0 aromatic heterocycles. The molecular formula is C50H24Br4F20N2O9. The molecule has 4 N–H and O–H groups in total. The van der Waals surface area contributed by atoms with E-state index in [9.17, 15) is 103 Å². The molecule has 0 bridgehead atoms. The molecule has 456 valence electrons. The van der Waals surface area contributed by atoms with Crippen molar-refractivity contribution in [2.24, 2.45) is 0 Å². The number of benzene rings is 6. The molecule has 0 fully saturated rings. The summed E-state index contributed by atoms with van der Waals surface area (Å²) < 4.78 is 279. The van der Waals surface area contributed by atoms with Crippen molar-refractivity contribution in [1.29, 1.82) is 0 Å². The van der Waals surface area contributed by atoms with E-state index in [0.29, 0.717) is 12.1 Å². The highest BCUT2D eigenvalue weighted by atomic mass is 79.9. The number of carbonyl (C=O) groups is 4. The summed E-state index contributed by atoms with van der Waals surface area (Å²) in [5.74, 6) is -7.54. The monoisotopic (exact) mass is 1490 g/mol. The van der Waals surface area contributed by atoms with Gasteiger partial charge in [0.1, 0.15) is 11.6 Å². The molecule has 8 rings (SSSR count). The molecule has 11 nitrogen and oxygen atoms in total. The van der Waals surface area contributed by atoms with Crippen molar-refractivity contribution in [3.63, 3.8) is 0 Å². The second-order valence-corrected chi connectivity index (χ2v) is 20.6. The van der Waals surface area contributed by atoms with Gasteiger partial charge >= 0.3 is 54.6 Å². The quantitative estimate of drug-likeness (QED) is 0.0646. The lowest BCUT2D eigenvalue weighted by atomic mass is 9.94. The summed E-state index contributed by atoms with van der Waals surface area (Å²) >= 11 is 10.7. The maximum atomic E-state index is 15.2. The number of nitrogens with one attached hydrogen (secondary N) is 1. The minimum atomic E-state index is -6.39. The number of nitrogens with two attached hydrogens (primary N) is 1. The van der Waals surface area contributed by atoms with Crippen molar-refractivity contribution in [2.45, 2.75) is 61.5 Å². The van der Waals surface area contributed by atoms with Crippen LogP contribution in [-0.4, -0.2) is 65.8 Å². The molecule has 2 aliphatic heterocycles. The number of fused-ring (bicyclic) bond motifs is 2. The maximum absolute atomic E-state index is 15.2. The summed E-state index contributed by atoms with van der Waals surface area (Å²) in [5, 5.41) is 11.0. The summed E-state index contributed by atoms with van der Waals surface area (Å²) in [4.78, 5) is 48.6. The van der Waals surface area contributed by atoms with Crippen LogP contribution in [0.25, 0.3) is 0 Å². The number of ketones is 2. The number of halogens is 24. The maximum Gasteiger partial charge on any atom is 0.586 e. The Balaban J connectivity index is 0.000000226. The number of anilines is 2. The van der Waals surface area contributed by atoms with Gasteiger partial charge in [-0.3, -0.25) is 14.4 Å². The Hall–Kier alpha value is -6.88. The van der Waals surface area contributed by atoms with Crippen molar-refractivity contribution in [1.82, 2.24) is 0 Å². The first-order valence-electron chi connectivity index (χ1n) is 22.2. The third-order valence-electron chi connectivity index (χ3n) is 11.5. The summed E-state index contributed by atoms with van der Waals surface area (Å²) in [6.45, 7) is 0. The Bertz CT molecular complexity index is 3560. The Morgan fingerprint density at radius 2 is 0.812 bits per heavy atom. The van der Waals surface area contributed by atoms with Crippen LogP contribution < -0.4 is 30.0 Å². The fourth-order valence-electron chi connectivity index (χ4n) is 7.40. The number of nitrogen functional groups attached to an aromatic ring is 1. The number of alkyl halides is 18. The van der Waals surface area contributed by atoms with Crippen molar-refractivity contribution in [3.8, 4) is 23.0 Å². The number of carboxylic acid groups (broad SMARTS) is 1. The number of rotatable bonds is 11. The molecule has 35 heteroatoms. The molecule has 0 unspecified atom stereocenters. The number of hydrogen-bond acceptors (Lipinski definition) is 9. The summed E-state index contributed by atoms with van der Waals surface area (Å²) in [6, 6.07) is 14.6. The van der Waals surface area contributed by atoms with Crippen LogP contribution in [0.1, 0.15) is 63.7 Å². The second kappa shape index (κ2) is 24.1. The van der Waals surface area contributed by atoms with E-state index in [1.165, 1.54) is 24.3 Å². The van der Waals surface area contributed by atoms with Crippen LogP contribution in [-0.2, 0) is 24.2 Å². The molecule has 0 radical (unpaired) electrons. The summed E-state index contributed by atoms with van der Waals surface area (Å²) in [6.07, 6.45) is -33.9. The van der Waals surface area contributed by atoms with E-state index in [1.807, 2.05) is 0 Å².